The quantitative estimate of drug-likeness (QED) is 0.628. The highest BCUT2D eigenvalue weighted by Crippen LogP contribution is 1.88. The molecule has 0 fully saturated rings. The second-order valence-corrected chi connectivity index (χ2v) is 3.52. The van der Waals surface area contributed by atoms with Crippen LogP contribution in [-0.2, 0) is 9.53 Å². The maximum absolute atomic E-state index is 11.1. The molecule has 0 radical (unpaired) electrons. The number of amides is 1. The number of hydrogen-bond acceptors (Lipinski definition) is 3. The van der Waals surface area contributed by atoms with Gasteiger partial charge in [-0.3, -0.25) is 4.79 Å². The molecule has 0 spiro atoms. The predicted octanol–water partition coefficient (Wildman–Crippen LogP) is 0.202. The van der Waals surface area contributed by atoms with Gasteiger partial charge < -0.3 is 15.8 Å². The van der Waals surface area contributed by atoms with Gasteiger partial charge in [0.05, 0.1) is 17.1 Å². The standard InChI is InChI=1S/C8H16N2O2S/c1-5(2)12-4-7(11)10-6(3)8(9)13/h5-6H,4H2,1-3H3,(H2,9,13)(H,10,11). The van der Waals surface area contributed by atoms with E-state index < -0.39 is 0 Å². The van der Waals surface area contributed by atoms with Gasteiger partial charge in [-0.15, -0.1) is 0 Å². The maximum atomic E-state index is 11.1. The first kappa shape index (κ1) is 12.3. The van der Waals surface area contributed by atoms with E-state index in [1.807, 2.05) is 13.8 Å². The fourth-order valence-electron chi connectivity index (χ4n) is 0.597. The van der Waals surface area contributed by atoms with Gasteiger partial charge in [-0.25, -0.2) is 0 Å². The van der Waals surface area contributed by atoms with E-state index in [-0.39, 0.29) is 29.6 Å². The third-order valence-corrected chi connectivity index (χ3v) is 1.71. The van der Waals surface area contributed by atoms with Crippen LogP contribution in [0.25, 0.3) is 0 Å². The molecule has 0 aromatic rings. The molecule has 0 saturated heterocycles. The zero-order valence-electron chi connectivity index (χ0n) is 8.16. The number of carbonyl (C=O) groups excluding carboxylic acids is 1. The molecular formula is C8H16N2O2S. The second-order valence-electron chi connectivity index (χ2n) is 3.05. The first-order chi connectivity index (χ1) is 5.93. The highest BCUT2D eigenvalue weighted by Gasteiger charge is 2.09. The minimum atomic E-state index is -0.279. The van der Waals surface area contributed by atoms with Crippen molar-refractivity contribution in [3.8, 4) is 0 Å². The Bertz CT molecular complexity index is 195. The molecule has 76 valence electrons. The zero-order chi connectivity index (χ0) is 10.4. The summed E-state index contributed by atoms with van der Waals surface area (Å²) in [5.41, 5.74) is 5.32. The average molecular weight is 204 g/mol. The van der Waals surface area contributed by atoms with Crippen molar-refractivity contribution in [3.63, 3.8) is 0 Å². The molecular weight excluding hydrogens is 188 g/mol. The van der Waals surface area contributed by atoms with Crippen LogP contribution in [0.3, 0.4) is 0 Å². The molecule has 3 N–H and O–H groups in total. The first-order valence-corrected chi connectivity index (χ1v) is 4.54. The van der Waals surface area contributed by atoms with E-state index in [2.05, 4.69) is 5.32 Å². The molecule has 0 aliphatic heterocycles. The number of thiocarbonyl (C=S) groups is 1. The second kappa shape index (κ2) is 5.88. The fraction of sp³-hybridized carbons (Fsp3) is 0.750. The van der Waals surface area contributed by atoms with Crippen LogP contribution >= 0.6 is 12.2 Å². The molecule has 4 nitrogen and oxygen atoms in total. The Morgan fingerprint density at radius 2 is 2.08 bits per heavy atom. The third kappa shape index (κ3) is 6.48. The molecule has 1 unspecified atom stereocenters. The molecule has 5 heteroatoms. The van der Waals surface area contributed by atoms with Gasteiger partial charge in [0.15, 0.2) is 0 Å². The lowest BCUT2D eigenvalue weighted by Gasteiger charge is -2.13. The number of nitrogens with two attached hydrogens (primary N) is 1. The largest absolute Gasteiger partial charge is 0.392 e. The van der Waals surface area contributed by atoms with Gasteiger partial charge in [0.1, 0.15) is 6.61 Å². The summed E-state index contributed by atoms with van der Waals surface area (Å²) in [5.74, 6) is -0.200. The van der Waals surface area contributed by atoms with Gasteiger partial charge in [0.2, 0.25) is 5.91 Å². The van der Waals surface area contributed by atoms with Crippen molar-refractivity contribution in [1.82, 2.24) is 5.32 Å². The summed E-state index contributed by atoms with van der Waals surface area (Å²) in [6, 6.07) is -0.279. The van der Waals surface area contributed by atoms with Gasteiger partial charge in [-0.2, -0.15) is 0 Å². The van der Waals surface area contributed by atoms with Crippen molar-refractivity contribution < 1.29 is 9.53 Å². The molecule has 0 rings (SSSR count). The lowest BCUT2D eigenvalue weighted by Crippen LogP contribution is -2.43. The topological polar surface area (TPSA) is 64.3 Å². The molecule has 0 aliphatic carbocycles. The Labute approximate surface area is 83.8 Å². The lowest BCUT2D eigenvalue weighted by atomic mass is 10.3. The van der Waals surface area contributed by atoms with E-state index in [9.17, 15) is 4.79 Å². The van der Waals surface area contributed by atoms with E-state index in [0.29, 0.717) is 0 Å². The van der Waals surface area contributed by atoms with Gasteiger partial charge in [0, 0.05) is 0 Å². The maximum Gasteiger partial charge on any atom is 0.246 e. The lowest BCUT2D eigenvalue weighted by molar-refractivity contribution is -0.127. The molecule has 0 aromatic heterocycles. The van der Waals surface area contributed by atoms with E-state index in [1.54, 1.807) is 6.92 Å². The molecule has 0 aromatic carbocycles. The van der Waals surface area contributed by atoms with Gasteiger partial charge in [-0.05, 0) is 20.8 Å². The normalized spacial score (nSPS) is 12.6. The first-order valence-electron chi connectivity index (χ1n) is 4.13. The van der Waals surface area contributed by atoms with Crippen LogP contribution in [0, 0.1) is 0 Å². The highest BCUT2D eigenvalue weighted by molar-refractivity contribution is 7.80. The number of carbonyl (C=O) groups is 1. The fourth-order valence-corrected chi connectivity index (χ4v) is 0.656. The van der Waals surface area contributed by atoms with Crippen molar-refractivity contribution in [3.05, 3.63) is 0 Å². The van der Waals surface area contributed by atoms with Crippen LogP contribution in [0.1, 0.15) is 20.8 Å². The van der Waals surface area contributed by atoms with Gasteiger partial charge >= 0.3 is 0 Å². The summed E-state index contributed by atoms with van der Waals surface area (Å²) >= 11 is 4.69. The van der Waals surface area contributed by atoms with Crippen LogP contribution in [0.4, 0.5) is 0 Å². The summed E-state index contributed by atoms with van der Waals surface area (Å²) in [6.07, 6.45) is 0.0471. The van der Waals surface area contributed by atoms with E-state index in [4.69, 9.17) is 22.7 Å². The van der Waals surface area contributed by atoms with Crippen LogP contribution in [-0.4, -0.2) is 29.6 Å². The van der Waals surface area contributed by atoms with E-state index in [0.717, 1.165) is 0 Å². The summed E-state index contributed by atoms with van der Waals surface area (Å²) in [7, 11) is 0. The van der Waals surface area contributed by atoms with Crippen molar-refractivity contribution >= 4 is 23.1 Å². The predicted molar refractivity (Wildman–Crippen MR) is 55.5 cm³/mol. The van der Waals surface area contributed by atoms with Crippen molar-refractivity contribution in [1.29, 1.82) is 0 Å². The Morgan fingerprint density at radius 1 is 1.54 bits per heavy atom. The average Bonchev–Trinajstić information content (AvgIpc) is 2.00. The van der Waals surface area contributed by atoms with Gasteiger partial charge in [-0.1, -0.05) is 12.2 Å². The molecule has 0 saturated carbocycles. The summed E-state index contributed by atoms with van der Waals surface area (Å²) in [5, 5.41) is 2.60. The molecule has 0 aliphatic rings. The van der Waals surface area contributed by atoms with Crippen LogP contribution < -0.4 is 11.1 Å². The van der Waals surface area contributed by atoms with Crippen molar-refractivity contribution in [2.45, 2.75) is 32.9 Å². The third-order valence-electron chi connectivity index (χ3n) is 1.35. The van der Waals surface area contributed by atoms with Gasteiger partial charge in [0.25, 0.3) is 0 Å². The number of rotatable bonds is 5. The van der Waals surface area contributed by atoms with Crippen molar-refractivity contribution in [2.24, 2.45) is 5.73 Å². The molecule has 1 amide bonds. The molecule has 0 bridgehead atoms. The van der Waals surface area contributed by atoms with Crippen molar-refractivity contribution in [2.75, 3.05) is 6.61 Å². The van der Waals surface area contributed by atoms with E-state index in [1.165, 1.54) is 0 Å². The minimum absolute atomic E-state index is 0.0463. The smallest absolute Gasteiger partial charge is 0.246 e. The van der Waals surface area contributed by atoms with Crippen LogP contribution in [0.5, 0.6) is 0 Å². The Balaban J connectivity index is 3.68. The van der Waals surface area contributed by atoms with Crippen LogP contribution in [0.2, 0.25) is 0 Å². The van der Waals surface area contributed by atoms with E-state index >= 15 is 0 Å². The monoisotopic (exact) mass is 204 g/mol. The Hall–Kier alpha value is -0.680. The highest BCUT2D eigenvalue weighted by atomic mass is 32.1. The Kier molecular flexibility index (Phi) is 5.57. The number of nitrogens with one attached hydrogen (secondary N) is 1. The molecule has 1 atom stereocenters. The van der Waals surface area contributed by atoms with Crippen LogP contribution in [0.15, 0.2) is 0 Å². The minimum Gasteiger partial charge on any atom is -0.392 e. The number of ether oxygens (including phenoxy) is 1. The molecule has 0 heterocycles. The Morgan fingerprint density at radius 3 is 2.46 bits per heavy atom. The number of hydrogen-bond donors (Lipinski definition) is 2. The summed E-state index contributed by atoms with van der Waals surface area (Å²) in [6.45, 7) is 5.51. The molecule has 13 heavy (non-hydrogen) atoms. The zero-order valence-corrected chi connectivity index (χ0v) is 8.98. The summed E-state index contributed by atoms with van der Waals surface area (Å²) in [4.78, 5) is 11.4. The SMILES string of the molecule is CC(C)OCC(=O)NC(C)C(N)=S. The summed E-state index contributed by atoms with van der Waals surface area (Å²) < 4.78 is 5.09.